The Morgan fingerprint density at radius 2 is 1.67 bits per heavy atom. The molecule has 1 saturated carbocycles. The Hall–Kier alpha value is -1.11. The highest BCUT2D eigenvalue weighted by atomic mass is 19.1. The van der Waals surface area contributed by atoms with Crippen LogP contribution < -0.4 is 0 Å². The maximum Gasteiger partial charge on any atom is 0.130 e. The van der Waals surface area contributed by atoms with E-state index in [1.807, 2.05) is 12.1 Å². The first kappa shape index (κ1) is 19.2. The molecule has 0 aliphatic heterocycles. The fourth-order valence-corrected chi connectivity index (χ4v) is 4.10. The maximum atomic E-state index is 14.3. The highest BCUT2D eigenvalue weighted by Gasteiger charge is 2.20. The molecule has 0 radical (unpaired) electrons. The molecule has 0 N–H and O–H groups in total. The van der Waals surface area contributed by atoms with E-state index < -0.39 is 0 Å². The van der Waals surface area contributed by atoms with E-state index in [4.69, 9.17) is 0 Å². The van der Waals surface area contributed by atoms with Crippen molar-refractivity contribution in [2.24, 2.45) is 11.8 Å². The summed E-state index contributed by atoms with van der Waals surface area (Å²) in [6.07, 6.45) is 16.7. The second-order valence-corrected chi connectivity index (χ2v) is 7.71. The van der Waals surface area contributed by atoms with Crippen LogP contribution in [0.2, 0.25) is 0 Å². The van der Waals surface area contributed by atoms with Gasteiger partial charge in [0.1, 0.15) is 5.82 Å². The van der Waals surface area contributed by atoms with Crippen molar-refractivity contribution in [3.05, 3.63) is 40.7 Å². The Labute approximate surface area is 148 Å². The number of hydrogen-bond donors (Lipinski definition) is 0. The van der Waals surface area contributed by atoms with Crippen molar-refractivity contribution >= 4 is 6.08 Å². The second kappa shape index (κ2) is 10.0. The molecule has 134 valence electrons. The summed E-state index contributed by atoms with van der Waals surface area (Å²) in [5, 5.41) is 0. The van der Waals surface area contributed by atoms with Gasteiger partial charge in [0.05, 0.1) is 0 Å². The van der Waals surface area contributed by atoms with Crippen LogP contribution in [0.25, 0.3) is 6.08 Å². The van der Waals surface area contributed by atoms with Gasteiger partial charge in [0.2, 0.25) is 0 Å². The summed E-state index contributed by atoms with van der Waals surface area (Å²) in [7, 11) is 0. The first-order valence-corrected chi connectivity index (χ1v) is 10.1. The number of halogens is 1. The molecule has 24 heavy (non-hydrogen) atoms. The highest BCUT2D eigenvalue weighted by molar-refractivity contribution is 5.52. The Morgan fingerprint density at radius 3 is 2.29 bits per heavy atom. The van der Waals surface area contributed by atoms with Gasteiger partial charge in [-0.3, -0.25) is 0 Å². The minimum absolute atomic E-state index is 0.0605. The Kier molecular flexibility index (Phi) is 8.02. The Balaban J connectivity index is 1.88. The van der Waals surface area contributed by atoms with E-state index in [9.17, 15) is 4.39 Å². The van der Waals surface area contributed by atoms with Crippen molar-refractivity contribution in [1.82, 2.24) is 0 Å². The highest BCUT2D eigenvalue weighted by Crippen LogP contribution is 2.34. The van der Waals surface area contributed by atoms with Crippen molar-refractivity contribution in [3.63, 3.8) is 0 Å². The fraction of sp³-hybridized carbons (Fsp3) is 0.652. The third-order valence-corrected chi connectivity index (χ3v) is 5.69. The van der Waals surface area contributed by atoms with Crippen LogP contribution >= 0.6 is 0 Å². The predicted octanol–water partition coefficient (Wildman–Crippen LogP) is 7.49. The molecule has 1 aromatic rings. The van der Waals surface area contributed by atoms with Crippen LogP contribution in [0.3, 0.4) is 0 Å². The normalized spacial score (nSPS) is 21.5. The quantitative estimate of drug-likeness (QED) is 0.463. The van der Waals surface area contributed by atoms with Gasteiger partial charge in [0, 0.05) is 5.56 Å². The van der Waals surface area contributed by atoms with E-state index in [0.29, 0.717) is 0 Å². The van der Waals surface area contributed by atoms with Gasteiger partial charge >= 0.3 is 0 Å². The van der Waals surface area contributed by atoms with E-state index in [-0.39, 0.29) is 5.82 Å². The number of rotatable bonds is 8. The van der Waals surface area contributed by atoms with E-state index in [0.717, 1.165) is 36.7 Å². The van der Waals surface area contributed by atoms with Crippen molar-refractivity contribution in [1.29, 1.82) is 0 Å². The molecule has 1 aliphatic rings. The van der Waals surface area contributed by atoms with Gasteiger partial charge in [-0.25, -0.2) is 4.39 Å². The number of unbranched alkanes of at least 4 members (excludes halogenated alkanes) is 1. The standard InChI is InChI=1S/C23H35F/c1-4-6-7-9-22-16-18(3)21(17-23(22)24)15-14-20-12-10-19(8-5-2)11-13-20/h7,9,16-17,19-20H,4-6,8,10-15H2,1-3H3. The third-order valence-electron chi connectivity index (χ3n) is 5.69. The Bertz CT molecular complexity index is 521. The van der Waals surface area contributed by atoms with Crippen LogP contribution in [0.4, 0.5) is 4.39 Å². The lowest BCUT2D eigenvalue weighted by Crippen LogP contribution is -2.15. The molecular formula is C23H35F. The molecule has 0 nitrogen and oxygen atoms in total. The molecule has 1 fully saturated rings. The van der Waals surface area contributed by atoms with Crippen LogP contribution in [0.5, 0.6) is 0 Å². The van der Waals surface area contributed by atoms with Crippen molar-refractivity contribution in [2.45, 2.75) is 85.0 Å². The van der Waals surface area contributed by atoms with Gasteiger partial charge in [-0.05, 0) is 61.3 Å². The lowest BCUT2D eigenvalue weighted by atomic mass is 9.78. The van der Waals surface area contributed by atoms with E-state index in [2.05, 4.69) is 26.8 Å². The number of benzene rings is 1. The molecule has 0 saturated heterocycles. The third kappa shape index (κ3) is 5.76. The molecule has 0 aromatic heterocycles. The minimum Gasteiger partial charge on any atom is -0.206 e. The van der Waals surface area contributed by atoms with Crippen LogP contribution in [0.1, 0.15) is 88.3 Å². The van der Waals surface area contributed by atoms with Crippen LogP contribution in [0, 0.1) is 24.6 Å². The predicted molar refractivity (Wildman–Crippen MR) is 104 cm³/mol. The molecule has 2 rings (SSSR count). The average molecular weight is 331 g/mol. The molecule has 0 bridgehead atoms. The molecule has 0 atom stereocenters. The summed E-state index contributed by atoms with van der Waals surface area (Å²) in [5.41, 5.74) is 3.19. The fourth-order valence-electron chi connectivity index (χ4n) is 4.10. The molecule has 0 amide bonds. The summed E-state index contributed by atoms with van der Waals surface area (Å²) in [6.45, 7) is 6.57. The largest absolute Gasteiger partial charge is 0.206 e. The van der Waals surface area contributed by atoms with Gasteiger partial charge < -0.3 is 0 Å². The van der Waals surface area contributed by atoms with Gasteiger partial charge in [0.15, 0.2) is 0 Å². The second-order valence-electron chi connectivity index (χ2n) is 7.71. The summed E-state index contributed by atoms with van der Waals surface area (Å²) in [4.78, 5) is 0. The lowest BCUT2D eigenvalue weighted by molar-refractivity contribution is 0.252. The summed E-state index contributed by atoms with van der Waals surface area (Å²) in [5.74, 6) is 1.76. The van der Waals surface area contributed by atoms with Gasteiger partial charge in [0.25, 0.3) is 0 Å². The summed E-state index contributed by atoms with van der Waals surface area (Å²) >= 11 is 0. The molecule has 0 unspecified atom stereocenters. The number of aryl methyl sites for hydroxylation is 2. The van der Waals surface area contributed by atoms with Crippen molar-refractivity contribution in [2.75, 3.05) is 0 Å². The van der Waals surface area contributed by atoms with E-state index >= 15 is 0 Å². The smallest absolute Gasteiger partial charge is 0.130 e. The van der Waals surface area contributed by atoms with Crippen LogP contribution in [-0.2, 0) is 6.42 Å². The molecule has 0 spiro atoms. The SMILES string of the molecule is CCCC=Cc1cc(C)c(CCC2CCC(CCC)CC2)cc1F. The van der Waals surface area contributed by atoms with Crippen LogP contribution in [0.15, 0.2) is 18.2 Å². The van der Waals surface area contributed by atoms with Gasteiger partial charge in [-0.1, -0.05) is 70.9 Å². The first-order chi connectivity index (χ1) is 11.6. The first-order valence-electron chi connectivity index (χ1n) is 10.1. The number of allylic oxidation sites excluding steroid dienone is 1. The maximum absolute atomic E-state index is 14.3. The zero-order valence-electron chi connectivity index (χ0n) is 15.9. The van der Waals surface area contributed by atoms with Crippen molar-refractivity contribution < 1.29 is 4.39 Å². The molecule has 0 heterocycles. The molecular weight excluding hydrogens is 295 g/mol. The van der Waals surface area contributed by atoms with Gasteiger partial charge in [-0.15, -0.1) is 0 Å². The van der Waals surface area contributed by atoms with E-state index in [1.165, 1.54) is 56.1 Å². The topological polar surface area (TPSA) is 0 Å². The van der Waals surface area contributed by atoms with E-state index in [1.54, 1.807) is 6.07 Å². The molecule has 1 heteroatoms. The minimum atomic E-state index is -0.0605. The number of hydrogen-bond acceptors (Lipinski definition) is 0. The van der Waals surface area contributed by atoms with Crippen LogP contribution in [-0.4, -0.2) is 0 Å². The summed E-state index contributed by atoms with van der Waals surface area (Å²) in [6, 6.07) is 3.80. The van der Waals surface area contributed by atoms with Crippen molar-refractivity contribution in [3.8, 4) is 0 Å². The zero-order valence-corrected chi connectivity index (χ0v) is 15.9. The van der Waals surface area contributed by atoms with Gasteiger partial charge in [-0.2, -0.15) is 0 Å². The summed E-state index contributed by atoms with van der Waals surface area (Å²) < 4.78 is 14.3. The average Bonchev–Trinajstić information content (AvgIpc) is 2.58. The Morgan fingerprint density at radius 1 is 1.00 bits per heavy atom. The molecule has 1 aromatic carbocycles. The monoisotopic (exact) mass is 330 g/mol. The zero-order chi connectivity index (χ0) is 17.4. The lowest BCUT2D eigenvalue weighted by Gasteiger charge is -2.28. The molecule has 1 aliphatic carbocycles.